The van der Waals surface area contributed by atoms with Crippen LogP contribution in [0.25, 0.3) is 0 Å². The summed E-state index contributed by atoms with van der Waals surface area (Å²) in [7, 11) is 0. The number of halogens is 2. The normalized spacial score (nSPS) is 14.1. The highest BCUT2D eigenvalue weighted by molar-refractivity contribution is 9.12. The Hall–Kier alpha value is -0.890. The van der Waals surface area contributed by atoms with Crippen LogP contribution in [-0.4, -0.2) is 22.3 Å². The maximum atomic E-state index is 11.4. The Labute approximate surface area is 114 Å². The fraction of sp³-hybridized carbons (Fsp3) is 0.444. The fourth-order valence-electron chi connectivity index (χ4n) is 1.07. The lowest BCUT2D eigenvalue weighted by Crippen LogP contribution is -2.21. The van der Waals surface area contributed by atoms with Crippen LogP contribution < -0.4 is 0 Å². The number of carbonyl (C=O) groups is 1. The number of ether oxygens (including phenoxy) is 1. The highest BCUT2D eigenvalue weighted by Gasteiger charge is 2.29. The highest BCUT2D eigenvalue weighted by atomic mass is 79.9. The number of alkyl halides is 2. The summed E-state index contributed by atoms with van der Waals surface area (Å²) in [5.41, 5.74) is 0. The molecule has 0 aromatic carbocycles. The average molecular weight is 371 g/mol. The highest BCUT2D eigenvalue weighted by Crippen LogP contribution is 2.34. The van der Waals surface area contributed by atoms with Gasteiger partial charge in [-0.05, 0) is 13.0 Å². The molecular weight excluding hydrogens is 362 g/mol. The van der Waals surface area contributed by atoms with Gasteiger partial charge in [0, 0.05) is 0 Å². The molecule has 1 aromatic rings. The largest absolute Gasteiger partial charge is 0.465 e. The van der Waals surface area contributed by atoms with Gasteiger partial charge in [-0.1, -0.05) is 31.9 Å². The second kappa shape index (κ2) is 6.15. The van der Waals surface area contributed by atoms with Crippen LogP contribution in [0.5, 0.6) is 0 Å². The molecule has 0 aliphatic heterocycles. The molecule has 94 valence electrons. The topological polar surface area (TPSA) is 82.6 Å². The number of hydrogen-bond acceptors (Lipinski definition) is 5. The van der Waals surface area contributed by atoms with Crippen LogP contribution >= 0.6 is 31.9 Å². The van der Waals surface area contributed by atoms with Crippen molar-refractivity contribution in [2.45, 2.75) is 16.6 Å². The molecule has 0 amide bonds. The number of nitrogens with zero attached hydrogens (tertiary/aromatic N) is 1. The van der Waals surface area contributed by atoms with Crippen LogP contribution in [0.15, 0.2) is 16.5 Å². The van der Waals surface area contributed by atoms with E-state index >= 15 is 0 Å². The lowest BCUT2D eigenvalue weighted by Gasteiger charge is -2.12. The molecule has 0 saturated heterocycles. The third kappa shape index (κ3) is 3.53. The summed E-state index contributed by atoms with van der Waals surface area (Å²) in [6.45, 7) is 1.96. The van der Waals surface area contributed by atoms with E-state index in [9.17, 15) is 14.9 Å². The minimum atomic E-state index is -0.673. The van der Waals surface area contributed by atoms with Gasteiger partial charge < -0.3 is 9.15 Å². The minimum Gasteiger partial charge on any atom is -0.465 e. The molecule has 0 aliphatic rings. The molecule has 6 nitrogen and oxygen atoms in total. The first-order valence-corrected chi connectivity index (χ1v) is 6.49. The molecule has 0 unspecified atom stereocenters. The van der Waals surface area contributed by atoms with Crippen LogP contribution in [0.4, 0.5) is 5.88 Å². The van der Waals surface area contributed by atoms with Gasteiger partial charge in [0.1, 0.15) is 15.5 Å². The number of carbonyl (C=O) groups excluding carboxylic acids is 1. The van der Waals surface area contributed by atoms with Crippen LogP contribution in [0.2, 0.25) is 0 Å². The first-order chi connectivity index (χ1) is 7.97. The Morgan fingerprint density at radius 3 is 2.71 bits per heavy atom. The summed E-state index contributed by atoms with van der Waals surface area (Å²) in [4.78, 5) is 20.0. The molecule has 0 saturated carbocycles. The summed E-state index contributed by atoms with van der Waals surface area (Å²) in [5, 5.41) is 10.4. The van der Waals surface area contributed by atoms with Crippen LogP contribution in [0, 0.1) is 10.1 Å². The van der Waals surface area contributed by atoms with Gasteiger partial charge in [0.2, 0.25) is 0 Å². The lowest BCUT2D eigenvalue weighted by molar-refractivity contribution is -0.402. The third-order valence-electron chi connectivity index (χ3n) is 1.83. The number of esters is 1. The molecule has 0 aliphatic carbocycles. The van der Waals surface area contributed by atoms with Crippen LogP contribution in [0.1, 0.15) is 17.5 Å². The standard InChI is InChI=1S/C9H9Br2NO5/c1-2-16-9(13)8(11)7(10)5-3-4-6(17-5)12(14)15/h3-4,7-8H,2H2,1H3/t7-,8+/m1/s1. The van der Waals surface area contributed by atoms with Gasteiger partial charge in [-0.2, -0.15) is 0 Å². The molecule has 0 radical (unpaired) electrons. The van der Waals surface area contributed by atoms with E-state index in [4.69, 9.17) is 9.15 Å². The van der Waals surface area contributed by atoms with E-state index in [1.54, 1.807) is 6.92 Å². The van der Waals surface area contributed by atoms with Gasteiger partial charge in [0.25, 0.3) is 0 Å². The Bertz CT molecular complexity index is 419. The zero-order valence-corrected chi connectivity index (χ0v) is 11.9. The van der Waals surface area contributed by atoms with Gasteiger partial charge in [0.15, 0.2) is 0 Å². The Kier molecular flexibility index (Phi) is 5.13. The first kappa shape index (κ1) is 14.2. The second-order valence-corrected chi connectivity index (χ2v) is 4.96. The van der Waals surface area contributed by atoms with Crippen molar-refractivity contribution < 1.29 is 18.9 Å². The zero-order valence-electron chi connectivity index (χ0n) is 8.76. The molecule has 2 atom stereocenters. The van der Waals surface area contributed by atoms with E-state index in [0.717, 1.165) is 0 Å². The Balaban J connectivity index is 2.77. The molecule has 1 aromatic heterocycles. The number of nitro groups is 1. The van der Waals surface area contributed by atoms with Crippen molar-refractivity contribution in [2.75, 3.05) is 6.61 Å². The van der Waals surface area contributed by atoms with E-state index in [-0.39, 0.29) is 18.3 Å². The Morgan fingerprint density at radius 1 is 1.59 bits per heavy atom. The smallest absolute Gasteiger partial charge is 0.433 e. The molecule has 0 fully saturated rings. The summed E-state index contributed by atoms with van der Waals surface area (Å²) in [5.74, 6) is -0.548. The maximum absolute atomic E-state index is 11.4. The monoisotopic (exact) mass is 369 g/mol. The molecule has 0 N–H and O–H groups in total. The molecule has 17 heavy (non-hydrogen) atoms. The number of hydrogen-bond donors (Lipinski definition) is 0. The van der Waals surface area contributed by atoms with Crippen molar-refractivity contribution in [1.29, 1.82) is 0 Å². The van der Waals surface area contributed by atoms with Crippen molar-refractivity contribution >= 4 is 43.7 Å². The molecule has 0 bridgehead atoms. The van der Waals surface area contributed by atoms with Crippen molar-refractivity contribution in [3.05, 3.63) is 28.0 Å². The van der Waals surface area contributed by atoms with Crippen LogP contribution in [0.3, 0.4) is 0 Å². The fourth-order valence-corrected chi connectivity index (χ4v) is 1.93. The van der Waals surface area contributed by atoms with Gasteiger partial charge in [0.05, 0.1) is 17.5 Å². The Morgan fingerprint density at radius 2 is 2.24 bits per heavy atom. The second-order valence-electron chi connectivity index (χ2n) is 2.99. The van der Waals surface area contributed by atoms with Crippen molar-refractivity contribution in [3.8, 4) is 0 Å². The number of rotatable bonds is 5. The first-order valence-electron chi connectivity index (χ1n) is 4.66. The average Bonchev–Trinajstić information content (AvgIpc) is 2.76. The van der Waals surface area contributed by atoms with E-state index in [1.807, 2.05) is 0 Å². The molecule has 0 spiro atoms. The van der Waals surface area contributed by atoms with E-state index in [1.165, 1.54) is 12.1 Å². The molecule has 1 rings (SSSR count). The maximum Gasteiger partial charge on any atom is 0.433 e. The quantitative estimate of drug-likeness (QED) is 0.344. The van der Waals surface area contributed by atoms with Crippen molar-refractivity contribution in [2.24, 2.45) is 0 Å². The lowest BCUT2D eigenvalue weighted by atomic mass is 10.2. The summed E-state index contributed by atoms with van der Waals surface area (Å²) in [6.07, 6.45) is 0. The summed E-state index contributed by atoms with van der Waals surface area (Å²) >= 11 is 6.36. The number of furan rings is 1. The van der Waals surface area contributed by atoms with E-state index in [0.29, 0.717) is 0 Å². The molecule has 8 heteroatoms. The van der Waals surface area contributed by atoms with Gasteiger partial charge in [-0.3, -0.25) is 14.9 Å². The minimum absolute atomic E-state index is 0.263. The van der Waals surface area contributed by atoms with E-state index < -0.39 is 20.5 Å². The molecule has 1 heterocycles. The predicted molar refractivity (Wildman–Crippen MR) is 66.4 cm³/mol. The molecular formula is C9H9Br2NO5. The van der Waals surface area contributed by atoms with Crippen LogP contribution in [-0.2, 0) is 9.53 Å². The third-order valence-corrected chi connectivity index (χ3v) is 4.42. The van der Waals surface area contributed by atoms with Gasteiger partial charge >= 0.3 is 11.9 Å². The predicted octanol–water partition coefficient (Wildman–Crippen LogP) is 2.95. The van der Waals surface area contributed by atoms with Gasteiger partial charge in [-0.25, -0.2) is 0 Å². The summed E-state index contributed by atoms with van der Waals surface area (Å²) < 4.78 is 9.78. The van der Waals surface area contributed by atoms with Crippen molar-refractivity contribution in [1.82, 2.24) is 0 Å². The van der Waals surface area contributed by atoms with Gasteiger partial charge in [-0.15, -0.1) is 0 Å². The van der Waals surface area contributed by atoms with E-state index in [2.05, 4.69) is 31.9 Å². The SMILES string of the molecule is CCOC(=O)[C@@H](Br)[C@H](Br)c1ccc([N+](=O)[O-])o1. The summed E-state index contributed by atoms with van der Waals surface area (Å²) in [6, 6.07) is 2.67. The van der Waals surface area contributed by atoms with Crippen molar-refractivity contribution in [3.63, 3.8) is 0 Å². The zero-order chi connectivity index (χ0) is 13.0.